The van der Waals surface area contributed by atoms with Crippen LogP contribution < -0.4 is 0 Å². The zero-order valence-electron chi connectivity index (χ0n) is 19.4. The molecular weight excluding hydrogens is 455 g/mol. The number of carboxylic acids is 1. The van der Waals surface area contributed by atoms with E-state index in [9.17, 15) is 9.90 Å². The molecular formula is C27H32Cl2N2O2. The maximum absolute atomic E-state index is 11.3. The lowest BCUT2D eigenvalue weighted by atomic mass is 9.90. The van der Waals surface area contributed by atoms with Crippen LogP contribution in [0, 0.1) is 5.92 Å². The first kappa shape index (κ1) is 25.3. The minimum Gasteiger partial charge on any atom is -0.478 e. The summed E-state index contributed by atoms with van der Waals surface area (Å²) in [6.45, 7) is 5.26. The van der Waals surface area contributed by atoms with Crippen molar-refractivity contribution in [1.82, 2.24) is 9.55 Å². The summed E-state index contributed by atoms with van der Waals surface area (Å²) >= 11 is 13.2. The zero-order chi connectivity index (χ0) is 23.8. The molecule has 1 atom stereocenters. The number of hydrogen-bond donors (Lipinski definition) is 1. The SMILES string of the molecule is CCCCC(Cc1ccc(C(=O)O)cc1Cl)Cc1c(Cl)nc(-c2ccccc2)n1CCCC. The Morgan fingerprint density at radius 1 is 1.03 bits per heavy atom. The number of carboxylic acid groups (broad SMARTS) is 1. The van der Waals surface area contributed by atoms with Crippen molar-refractivity contribution in [3.63, 3.8) is 0 Å². The van der Waals surface area contributed by atoms with Crippen molar-refractivity contribution in [3.05, 3.63) is 75.5 Å². The quantitative estimate of drug-likeness (QED) is 0.282. The second kappa shape index (κ2) is 12.2. The standard InChI is InChI=1S/C27H32Cl2N2O2/c1-3-5-10-19(16-21-13-14-22(27(32)33)18-23(21)28)17-24-25(29)30-26(31(24)15-6-4-2)20-11-8-7-9-12-20/h7-9,11-14,18-19H,3-6,10,15-17H2,1-2H3,(H,32,33). The summed E-state index contributed by atoms with van der Waals surface area (Å²) in [6, 6.07) is 15.2. The monoisotopic (exact) mass is 486 g/mol. The minimum atomic E-state index is -0.967. The highest BCUT2D eigenvalue weighted by atomic mass is 35.5. The topological polar surface area (TPSA) is 55.1 Å². The number of aromatic carboxylic acids is 1. The molecule has 4 nitrogen and oxygen atoms in total. The van der Waals surface area contributed by atoms with Gasteiger partial charge in [0.25, 0.3) is 0 Å². The molecule has 1 aromatic heterocycles. The van der Waals surface area contributed by atoms with Crippen LogP contribution in [0.25, 0.3) is 11.4 Å². The molecule has 0 amide bonds. The third-order valence-corrected chi connectivity index (χ3v) is 6.70. The summed E-state index contributed by atoms with van der Waals surface area (Å²) in [6.07, 6.45) is 7.00. The number of hydrogen-bond acceptors (Lipinski definition) is 2. The number of imidazole rings is 1. The average molecular weight is 487 g/mol. The van der Waals surface area contributed by atoms with Gasteiger partial charge in [-0.1, -0.05) is 92.7 Å². The summed E-state index contributed by atoms with van der Waals surface area (Å²) in [7, 11) is 0. The third kappa shape index (κ3) is 6.61. The van der Waals surface area contributed by atoms with E-state index in [1.807, 2.05) is 24.3 Å². The van der Waals surface area contributed by atoms with E-state index in [1.165, 1.54) is 0 Å². The predicted molar refractivity (Wildman–Crippen MR) is 136 cm³/mol. The van der Waals surface area contributed by atoms with Gasteiger partial charge in [-0.3, -0.25) is 0 Å². The molecule has 3 rings (SSSR count). The van der Waals surface area contributed by atoms with E-state index in [4.69, 9.17) is 28.2 Å². The van der Waals surface area contributed by atoms with Gasteiger partial charge in [-0.15, -0.1) is 0 Å². The number of rotatable bonds is 12. The molecule has 0 bridgehead atoms. The van der Waals surface area contributed by atoms with Crippen LogP contribution in [0.3, 0.4) is 0 Å². The Morgan fingerprint density at radius 3 is 2.39 bits per heavy atom. The van der Waals surface area contributed by atoms with E-state index in [2.05, 4.69) is 30.5 Å². The molecule has 0 spiro atoms. The van der Waals surface area contributed by atoms with Crippen molar-refractivity contribution in [2.45, 2.75) is 65.3 Å². The molecule has 1 unspecified atom stereocenters. The molecule has 0 aliphatic heterocycles. The summed E-state index contributed by atoms with van der Waals surface area (Å²) in [4.78, 5) is 16.0. The molecule has 1 N–H and O–H groups in total. The van der Waals surface area contributed by atoms with Gasteiger partial charge >= 0.3 is 5.97 Å². The fraction of sp³-hybridized carbons (Fsp3) is 0.407. The Bertz CT molecular complexity index is 1060. The maximum Gasteiger partial charge on any atom is 0.335 e. The highest BCUT2D eigenvalue weighted by Gasteiger charge is 2.22. The molecule has 0 aliphatic rings. The molecule has 33 heavy (non-hydrogen) atoms. The van der Waals surface area contributed by atoms with Crippen molar-refractivity contribution in [2.75, 3.05) is 0 Å². The molecule has 0 aliphatic carbocycles. The molecule has 0 saturated heterocycles. The van der Waals surface area contributed by atoms with Gasteiger partial charge in [0.1, 0.15) is 5.82 Å². The van der Waals surface area contributed by atoms with Crippen LogP contribution in [0.15, 0.2) is 48.5 Å². The Hall–Kier alpha value is -2.30. The van der Waals surface area contributed by atoms with Crippen molar-refractivity contribution >= 4 is 29.2 Å². The number of carbonyl (C=O) groups is 1. The van der Waals surface area contributed by atoms with Crippen LogP contribution >= 0.6 is 23.2 Å². The Kier molecular flexibility index (Phi) is 9.40. The second-order valence-corrected chi connectivity index (χ2v) is 9.34. The van der Waals surface area contributed by atoms with Gasteiger partial charge < -0.3 is 9.67 Å². The minimum absolute atomic E-state index is 0.210. The highest BCUT2D eigenvalue weighted by molar-refractivity contribution is 6.31. The Labute approximate surface area is 206 Å². The van der Waals surface area contributed by atoms with E-state index in [1.54, 1.807) is 12.1 Å². The van der Waals surface area contributed by atoms with Gasteiger partial charge in [0.15, 0.2) is 5.15 Å². The lowest BCUT2D eigenvalue weighted by molar-refractivity contribution is 0.0697. The van der Waals surface area contributed by atoms with Crippen LogP contribution in [-0.2, 0) is 19.4 Å². The molecule has 6 heteroatoms. The van der Waals surface area contributed by atoms with Crippen molar-refractivity contribution in [2.24, 2.45) is 5.92 Å². The van der Waals surface area contributed by atoms with Gasteiger partial charge in [0.05, 0.1) is 11.3 Å². The number of halogens is 2. The lowest BCUT2D eigenvalue weighted by Crippen LogP contribution is -2.14. The molecule has 2 aromatic carbocycles. The van der Waals surface area contributed by atoms with E-state index >= 15 is 0 Å². The summed E-state index contributed by atoms with van der Waals surface area (Å²) in [5.74, 6) is 0.282. The second-order valence-electron chi connectivity index (χ2n) is 8.57. The Morgan fingerprint density at radius 2 is 1.76 bits per heavy atom. The van der Waals surface area contributed by atoms with Crippen LogP contribution in [0.5, 0.6) is 0 Å². The van der Waals surface area contributed by atoms with E-state index < -0.39 is 5.97 Å². The summed E-state index contributed by atoms with van der Waals surface area (Å²) in [5.41, 5.74) is 3.33. The summed E-state index contributed by atoms with van der Waals surface area (Å²) < 4.78 is 2.29. The van der Waals surface area contributed by atoms with Gasteiger partial charge in [-0.05, 0) is 49.3 Å². The molecule has 176 valence electrons. The van der Waals surface area contributed by atoms with Crippen molar-refractivity contribution in [3.8, 4) is 11.4 Å². The van der Waals surface area contributed by atoms with E-state index in [0.29, 0.717) is 16.1 Å². The van der Waals surface area contributed by atoms with E-state index in [0.717, 1.165) is 74.1 Å². The summed E-state index contributed by atoms with van der Waals surface area (Å²) in [5, 5.41) is 10.3. The first-order valence-electron chi connectivity index (χ1n) is 11.8. The van der Waals surface area contributed by atoms with Gasteiger partial charge in [-0.25, -0.2) is 9.78 Å². The van der Waals surface area contributed by atoms with E-state index in [-0.39, 0.29) is 5.56 Å². The molecule has 1 heterocycles. The fourth-order valence-electron chi connectivity index (χ4n) is 4.22. The van der Waals surface area contributed by atoms with Crippen LogP contribution in [0.4, 0.5) is 0 Å². The third-order valence-electron chi connectivity index (χ3n) is 6.05. The number of aromatic nitrogens is 2. The smallest absolute Gasteiger partial charge is 0.335 e. The zero-order valence-corrected chi connectivity index (χ0v) is 20.9. The highest BCUT2D eigenvalue weighted by Crippen LogP contribution is 2.31. The first-order valence-corrected chi connectivity index (χ1v) is 12.5. The van der Waals surface area contributed by atoms with Crippen LogP contribution in [0.2, 0.25) is 10.2 Å². The number of nitrogens with zero attached hydrogens (tertiary/aromatic N) is 2. The maximum atomic E-state index is 11.3. The van der Waals surface area contributed by atoms with Gasteiger partial charge in [-0.2, -0.15) is 0 Å². The molecule has 0 fully saturated rings. The molecule has 3 aromatic rings. The average Bonchev–Trinajstić information content (AvgIpc) is 3.12. The predicted octanol–water partition coefficient (Wildman–Crippen LogP) is 7.95. The lowest BCUT2D eigenvalue weighted by Gasteiger charge is -2.20. The van der Waals surface area contributed by atoms with Crippen molar-refractivity contribution < 1.29 is 9.90 Å². The molecule has 0 radical (unpaired) electrons. The van der Waals surface area contributed by atoms with Crippen LogP contribution in [-0.4, -0.2) is 20.6 Å². The molecule has 0 saturated carbocycles. The fourth-order valence-corrected chi connectivity index (χ4v) is 4.73. The van der Waals surface area contributed by atoms with Crippen LogP contribution in [0.1, 0.15) is 67.6 Å². The first-order chi connectivity index (χ1) is 15.9. The Balaban J connectivity index is 1.92. The van der Waals surface area contributed by atoms with Gasteiger partial charge in [0.2, 0.25) is 0 Å². The largest absolute Gasteiger partial charge is 0.478 e. The van der Waals surface area contributed by atoms with Gasteiger partial charge in [0, 0.05) is 17.1 Å². The van der Waals surface area contributed by atoms with Crippen molar-refractivity contribution in [1.29, 1.82) is 0 Å². The normalized spacial score (nSPS) is 12.1. The number of benzene rings is 2. The number of unbranched alkanes of at least 4 members (excludes halogenated alkanes) is 2.